The van der Waals surface area contributed by atoms with Crippen LogP contribution in [0.4, 0.5) is 5.69 Å². The molecule has 0 aliphatic heterocycles. The first-order valence-electron chi connectivity index (χ1n) is 10.3. The summed E-state index contributed by atoms with van der Waals surface area (Å²) in [7, 11) is 0. The Morgan fingerprint density at radius 2 is 1.69 bits per heavy atom. The third-order valence-corrected chi connectivity index (χ3v) is 5.07. The zero-order valence-corrected chi connectivity index (χ0v) is 18.2. The number of amides is 2. The first-order valence-corrected chi connectivity index (χ1v) is 10.3. The van der Waals surface area contributed by atoms with E-state index in [1.54, 1.807) is 29.1 Å². The van der Waals surface area contributed by atoms with Crippen molar-refractivity contribution in [3.8, 4) is 17.1 Å². The molecule has 7 heteroatoms. The minimum absolute atomic E-state index is 0.165. The molecular formula is C25H24N4O3. The SMILES string of the molecule is Cc1cc(C)c(NC(=O)CNC(=O)c2cc(-c3ccco3)nn2-c2ccccc2)c(C)c1. The topological polar surface area (TPSA) is 89.2 Å². The molecule has 0 saturated carbocycles. The lowest BCUT2D eigenvalue weighted by Crippen LogP contribution is -2.34. The molecule has 2 heterocycles. The highest BCUT2D eigenvalue weighted by atomic mass is 16.3. The highest BCUT2D eigenvalue weighted by molar-refractivity contribution is 5.99. The quantitative estimate of drug-likeness (QED) is 0.476. The van der Waals surface area contributed by atoms with Crippen LogP contribution in [0, 0.1) is 20.8 Å². The van der Waals surface area contributed by atoms with E-state index in [1.165, 1.54) is 0 Å². The Labute approximate surface area is 186 Å². The molecule has 0 fully saturated rings. The van der Waals surface area contributed by atoms with Crippen molar-refractivity contribution in [2.45, 2.75) is 20.8 Å². The highest BCUT2D eigenvalue weighted by Crippen LogP contribution is 2.23. The summed E-state index contributed by atoms with van der Waals surface area (Å²) in [6, 6.07) is 18.5. The van der Waals surface area contributed by atoms with E-state index in [9.17, 15) is 9.59 Å². The fourth-order valence-electron chi connectivity index (χ4n) is 3.67. The second-order valence-corrected chi connectivity index (χ2v) is 7.64. The number of nitrogens with zero attached hydrogens (tertiary/aromatic N) is 2. The van der Waals surface area contributed by atoms with Gasteiger partial charge >= 0.3 is 0 Å². The first-order chi connectivity index (χ1) is 15.4. The van der Waals surface area contributed by atoms with Crippen molar-refractivity contribution in [2.75, 3.05) is 11.9 Å². The van der Waals surface area contributed by atoms with Crippen molar-refractivity contribution < 1.29 is 14.0 Å². The monoisotopic (exact) mass is 428 g/mol. The predicted octanol–water partition coefficient (Wildman–Crippen LogP) is 4.43. The normalized spacial score (nSPS) is 10.7. The maximum absolute atomic E-state index is 13.0. The number of hydrogen-bond donors (Lipinski definition) is 2. The average Bonchev–Trinajstić information content (AvgIpc) is 3.45. The van der Waals surface area contributed by atoms with Gasteiger partial charge in [-0.15, -0.1) is 0 Å². The number of carbonyl (C=O) groups is 2. The Balaban J connectivity index is 1.52. The van der Waals surface area contributed by atoms with E-state index in [-0.39, 0.29) is 12.5 Å². The van der Waals surface area contributed by atoms with Crippen LogP contribution in [0.3, 0.4) is 0 Å². The van der Waals surface area contributed by atoms with Gasteiger partial charge in [0.2, 0.25) is 5.91 Å². The maximum atomic E-state index is 13.0. The maximum Gasteiger partial charge on any atom is 0.270 e. The second-order valence-electron chi connectivity index (χ2n) is 7.64. The summed E-state index contributed by atoms with van der Waals surface area (Å²) in [6.45, 7) is 5.74. The third-order valence-electron chi connectivity index (χ3n) is 5.07. The van der Waals surface area contributed by atoms with E-state index >= 15 is 0 Å². The van der Waals surface area contributed by atoms with Crippen LogP contribution in [-0.2, 0) is 4.79 Å². The zero-order valence-electron chi connectivity index (χ0n) is 18.2. The number of hydrogen-bond acceptors (Lipinski definition) is 4. The fraction of sp³-hybridized carbons (Fsp3) is 0.160. The van der Waals surface area contributed by atoms with Gasteiger partial charge in [0.15, 0.2) is 5.76 Å². The molecule has 0 spiro atoms. The van der Waals surface area contributed by atoms with E-state index in [1.807, 2.05) is 63.2 Å². The van der Waals surface area contributed by atoms with Gasteiger partial charge in [-0.25, -0.2) is 4.68 Å². The van der Waals surface area contributed by atoms with Crippen molar-refractivity contribution in [1.82, 2.24) is 15.1 Å². The van der Waals surface area contributed by atoms with Crippen LogP contribution in [0.5, 0.6) is 0 Å². The Kier molecular flexibility index (Phi) is 5.89. The summed E-state index contributed by atoms with van der Waals surface area (Å²) < 4.78 is 6.97. The number of aromatic nitrogens is 2. The molecule has 0 radical (unpaired) electrons. The number of aryl methyl sites for hydroxylation is 3. The van der Waals surface area contributed by atoms with E-state index in [4.69, 9.17) is 4.42 Å². The van der Waals surface area contributed by atoms with Gasteiger partial charge < -0.3 is 15.1 Å². The smallest absolute Gasteiger partial charge is 0.270 e. The summed E-state index contributed by atoms with van der Waals surface area (Å²) in [6.07, 6.45) is 1.55. The minimum atomic E-state index is -0.411. The van der Waals surface area contributed by atoms with Crippen LogP contribution in [0.25, 0.3) is 17.1 Å². The van der Waals surface area contributed by atoms with Gasteiger partial charge in [-0.2, -0.15) is 5.10 Å². The van der Waals surface area contributed by atoms with Crippen LogP contribution in [0.1, 0.15) is 27.2 Å². The number of rotatable bonds is 6. The molecule has 4 rings (SSSR count). The molecule has 162 valence electrons. The van der Waals surface area contributed by atoms with Crippen molar-refractivity contribution in [3.63, 3.8) is 0 Å². The van der Waals surface area contributed by atoms with Crippen molar-refractivity contribution >= 4 is 17.5 Å². The Hall–Kier alpha value is -4.13. The van der Waals surface area contributed by atoms with E-state index in [0.717, 1.165) is 28.1 Å². The largest absolute Gasteiger partial charge is 0.463 e. The minimum Gasteiger partial charge on any atom is -0.463 e. The Morgan fingerprint density at radius 3 is 2.34 bits per heavy atom. The molecule has 2 N–H and O–H groups in total. The molecule has 32 heavy (non-hydrogen) atoms. The summed E-state index contributed by atoms with van der Waals surface area (Å²) in [5.41, 5.74) is 5.42. The third kappa shape index (κ3) is 4.46. The standard InChI is InChI=1S/C25H24N4O3/c1-16-12-17(2)24(18(3)13-16)27-23(30)15-26-25(31)21-14-20(22-10-7-11-32-22)28-29(21)19-8-5-4-6-9-19/h4-14H,15H2,1-3H3,(H,26,31)(H,27,30). The van der Waals surface area contributed by atoms with Gasteiger partial charge in [-0.05, 0) is 56.2 Å². The molecule has 2 aromatic carbocycles. The van der Waals surface area contributed by atoms with Crippen LogP contribution in [0.15, 0.2) is 71.3 Å². The van der Waals surface area contributed by atoms with Crippen LogP contribution < -0.4 is 10.6 Å². The van der Waals surface area contributed by atoms with Crippen LogP contribution >= 0.6 is 0 Å². The molecule has 0 unspecified atom stereocenters. The molecule has 2 amide bonds. The lowest BCUT2D eigenvalue weighted by Gasteiger charge is -2.13. The first kappa shape index (κ1) is 21.1. The molecule has 0 atom stereocenters. The molecule has 7 nitrogen and oxygen atoms in total. The Bertz CT molecular complexity index is 1230. The van der Waals surface area contributed by atoms with Gasteiger partial charge in [-0.3, -0.25) is 9.59 Å². The highest BCUT2D eigenvalue weighted by Gasteiger charge is 2.19. The molecule has 4 aromatic rings. The molecule has 0 bridgehead atoms. The van der Waals surface area contributed by atoms with Gasteiger partial charge in [0.05, 0.1) is 18.5 Å². The van der Waals surface area contributed by atoms with Crippen molar-refractivity contribution in [1.29, 1.82) is 0 Å². The van der Waals surface area contributed by atoms with E-state index in [0.29, 0.717) is 17.1 Å². The van der Waals surface area contributed by atoms with Crippen LogP contribution in [0.2, 0.25) is 0 Å². The number of anilines is 1. The molecule has 2 aromatic heterocycles. The predicted molar refractivity (Wildman–Crippen MR) is 123 cm³/mol. The summed E-state index contributed by atoms with van der Waals surface area (Å²) in [5.74, 6) is -0.158. The lowest BCUT2D eigenvalue weighted by molar-refractivity contribution is -0.115. The summed E-state index contributed by atoms with van der Waals surface area (Å²) in [4.78, 5) is 25.5. The van der Waals surface area contributed by atoms with E-state index in [2.05, 4.69) is 15.7 Å². The van der Waals surface area contributed by atoms with Gasteiger partial charge in [-0.1, -0.05) is 35.9 Å². The Morgan fingerprint density at radius 1 is 0.969 bits per heavy atom. The lowest BCUT2D eigenvalue weighted by atomic mass is 10.1. The summed E-state index contributed by atoms with van der Waals surface area (Å²) >= 11 is 0. The van der Waals surface area contributed by atoms with Crippen molar-refractivity contribution in [2.24, 2.45) is 0 Å². The average molecular weight is 428 g/mol. The molecule has 0 aliphatic carbocycles. The van der Waals surface area contributed by atoms with Gasteiger partial charge in [0, 0.05) is 11.8 Å². The number of nitrogens with one attached hydrogen (secondary N) is 2. The van der Waals surface area contributed by atoms with E-state index < -0.39 is 5.91 Å². The zero-order chi connectivity index (χ0) is 22.7. The number of carbonyl (C=O) groups excluding carboxylic acids is 2. The molecule has 0 aliphatic rings. The van der Waals surface area contributed by atoms with Crippen LogP contribution in [-0.4, -0.2) is 28.1 Å². The van der Waals surface area contributed by atoms with Crippen molar-refractivity contribution in [3.05, 3.63) is 89.3 Å². The number of para-hydroxylation sites is 1. The van der Waals surface area contributed by atoms with Gasteiger partial charge in [0.25, 0.3) is 5.91 Å². The molecule has 0 saturated heterocycles. The van der Waals surface area contributed by atoms with Gasteiger partial charge in [0.1, 0.15) is 11.4 Å². The number of furan rings is 1. The fourth-order valence-corrected chi connectivity index (χ4v) is 3.67. The summed E-state index contributed by atoms with van der Waals surface area (Å²) in [5, 5.41) is 10.1. The number of benzene rings is 2. The second kappa shape index (κ2) is 8.93. The molecular weight excluding hydrogens is 404 g/mol.